The Morgan fingerprint density at radius 3 is 2.72 bits per heavy atom. The number of rotatable bonds is 4. The van der Waals surface area contributed by atoms with Crippen LogP contribution in [0.2, 0.25) is 5.02 Å². The molecule has 0 bridgehead atoms. The van der Waals surface area contributed by atoms with Crippen molar-refractivity contribution < 1.29 is 28.8 Å². The smallest absolute Gasteiger partial charge is 0.410 e. The molecule has 1 fully saturated rings. The predicted molar refractivity (Wildman–Crippen MR) is 134 cm³/mol. The van der Waals surface area contributed by atoms with Crippen LogP contribution < -0.4 is 19.5 Å². The van der Waals surface area contributed by atoms with Crippen LogP contribution in [-0.4, -0.2) is 57.7 Å². The Bertz CT molecular complexity index is 1300. The Morgan fingerprint density at radius 1 is 1.19 bits per heavy atom. The van der Waals surface area contributed by atoms with Crippen molar-refractivity contribution in [2.45, 2.75) is 45.3 Å². The number of benzene rings is 2. The molecule has 5 rings (SSSR count). The molecular formula is C25H27ClN4O6. The number of piperidine rings is 1. The second-order valence-corrected chi connectivity index (χ2v) is 10.0. The Kier molecular flexibility index (Phi) is 6.29. The molecule has 1 amide bonds. The van der Waals surface area contributed by atoms with E-state index in [2.05, 4.69) is 15.3 Å². The van der Waals surface area contributed by atoms with E-state index in [4.69, 9.17) is 30.5 Å². The lowest BCUT2D eigenvalue weighted by Gasteiger charge is -2.33. The van der Waals surface area contributed by atoms with Gasteiger partial charge in [-0.15, -0.1) is 0 Å². The summed E-state index contributed by atoms with van der Waals surface area (Å²) in [6, 6.07) is 6.52. The maximum atomic E-state index is 12.4. The van der Waals surface area contributed by atoms with E-state index >= 15 is 0 Å². The molecule has 0 unspecified atom stereocenters. The van der Waals surface area contributed by atoms with Gasteiger partial charge in [-0.2, -0.15) is 0 Å². The zero-order valence-electron chi connectivity index (χ0n) is 20.2. The molecule has 10 nitrogen and oxygen atoms in total. The summed E-state index contributed by atoms with van der Waals surface area (Å²) in [5.41, 5.74) is 0.457. The van der Waals surface area contributed by atoms with E-state index in [1.54, 1.807) is 17.0 Å². The Hall–Kier alpha value is -3.66. The van der Waals surface area contributed by atoms with Gasteiger partial charge in [-0.25, -0.2) is 14.8 Å². The van der Waals surface area contributed by atoms with Crippen molar-refractivity contribution in [3.8, 4) is 23.0 Å². The van der Waals surface area contributed by atoms with Crippen LogP contribution in [0.1, 0.15) is 33.6 Å². The molecule has 2 N–H and O–H groups in total. The second-order valence-electron chi connectivity index (χ2n) is 9.63. The molecule has 3 aromatic rings. The number of aromatic hydroxyl groups is 1. The van der Waals surface area contributed by atoms with Gasteiger partial charge < -0.3 is 34.3 Å². The van der Waals surface area contributed by atoms with E-state index < -0.39 is 5.60 Å². The van der Waals surface area contributed by atoms with Crippen LogP contribution in [0.4, 0.5) is 16.3 Å². The number of likely N-dealkylation sites (tertiary alicyclic amines) is 1. The predicted octanol–water partition coefficient (Wildman–Crippen LogP) is 5.24. The SMILES string of the molecule is CC(C)(C)OC(=O)N1CCC(Oc2cc(O)cc3ncnc(Nc4c(Cl)ccc5c4OCO5)c23)CC1. The fourth-order valence-electron chi connectivity index (χ4n) is 4.17. The van der Waals surface area contributed by atoms with Crippen LogP contribution in [0.5, 0.6) is 23.0 Å². The molecular weight excluding hydrogens is 488 g/mol. The van der Waals surface area contributed by atoms with Crippen molar-refractivity contribution in [2.75, 3.05) is 25.2 Å². The van der Waals surface area contributed by atoms with Gasteiger partial charge in [0.1, 0.15) is 41.0 Å². The fraction of sp³-hybridized carbons (Fsp3) is 0.400. The molecule has 0 spiro atoms. The molecule has 2 aliphatic heterocycles. The molecule has 0 aliphatic carbocycles. The molecule has 36 heavy (non-hydrogen) atoms. The molecule has 3 heterocycles. The van der Waals surface area contributed by atoms with E-state index in [1.807, 2.05) is 20.8 Å². The molecule has 190 valence electrons. The number of carbonyl (C=O) groups is 1. The summed E-state index contributed by atoms with van der Waals surface area (Å²) >= 11 is 6.45. The third-order valence-corrected chi connectivity index (χ3v) is 6.12. The Balaban J connectivity index is 1.40. The van der Waals surface area contributed by atoms with Gasteiger partial charge in [0.25, 0.3) is 0 Å². The summed E-state index contributed by atoms with van der Waals surface area (Å²) < 4.78 is 22.9. The highest BCUT2D eigenvalue weighted by Gasteiger charge is 2.29. The minimum absolute atomic E-state index is 0.0173. The molecule has 2 aromatic carbocycles. The number of aromatic nitrogens is 2. The van der Waals surface area contributed by atoms with Crippen molar-refractivity contribution in [1.82, 2.24) is 14.9 Å². The number of ether oxygens (including phenoxy) is 4. The minimum atomic E-state index is -0.548. The number of phenols is 1. The van der Waals surface area contributed by atoms with Gasteiger partial charge in [-0.3, -0.25) is 0 Å². The van der Waals surface area contributed by atoms with E-state index in [1.165, 1.54) is 18.5 Å². The third-order valence-electron chi connectivity index (χ3n) is 5.81. The third kappa shape index (κ3) is 4.99. The van der Waals surface area contributed by atoms with Gasteiger partial charge in [0, 0.05) is 38.1 Å². The molecule has 0 radical (unpaired) electrons. The lowest BCUT2D eigenvalue weighted by atomic mass is 10.1. The zero-order chi connectivity index (χ0) is 25.4. The maximum Gasteiger partial charge on any atom is 0.410 e. The van der Waals surface area contributed by atoms with Crippen molar-refractivity contribution in [1.29, 1.82) is 0 Å². The highest BCUT2D eigenvalue weighted by Crippen LogP contribution is 2.46. The lowest BCUT2D eigenvalue weighted by Crippen LogP contribution is -2.44. The van der Waals surface area contributed by atoms with Crippen molar-refractivity contribution in [3.63, 3.8) is 0 Å². The van der Waals surface area contributed by atoms with Crippen LogP contribution in [0, 0.1) is 0 Å². The molecule has 2 aliphatic rings. The first-order chi connectivity index (χ1) is 17.2. The number of hydrogen-bond donors (Lipinski definition) is 2. The van der Waals surface area contributed by atoms with E-state index in [0.717, 1.165) is 0 Å². The van der Waals surface area contributed by atoms with Crippen molar-refractivity contribution in [3.05, 3.63) is 35.6 Å². The molecule has 0 saturated carbocycles. The largest absolute Gasteiger partial charge is 0.508 e. The first kappa shape index (κ1) is 24.1. The number of nitrogens with zero attached hydrogens (tertiary/aromatic N) is 3. The topological polar surface area (TPSA) is 115 Å². The summed E-state index contributed by atoms with van der Waals surface area (Å²) in [4.78, 5) is 22.8. The maximum absolute atomic E-state index is 12.4. The fourth-order valence-corrected chi connectivity index (χ4v) is 4.37. The van der Waals surface area contributed by atoms with Gasteiger partial charge >= 0.3 is 6.09 Å². The van der Waals surface area contributed by atoms with Crippen LogP contribution in [0.15, 0.2) is 30.6 Å². The molecule has 1 saturated heterocycles. The average molecular weight is 515 g/mol. The van der Waals surface area contributed by atoms with E-state index in [-0.39, 0.29) is 24.7 Å². The number of fused-ring (bicyclic) bond motifs is 2. The van der Waals surface area contributed by atoms with E-state index in [9.17, 15) is 9.90 Å². The summed E-state index contributed by atoms with van der Waals surface area (Å²) in [5.74, 6) is 1.94. The first-order valence-corrected chi connectivity index (χ1v) is 12.0. The summed E-state index contributed by atoms with van der Waals surface area (Å²) in [5, 5.41) is 14.6. The van der Waals surface area contributed by atoms with Crippen LogP contribution >= 0.6 is 11.6 Å². The van der Waals surface area contributed by atoms with E-state index in [0.29, 0.717) is 70.6 Å². The van der Waals surface area contributed by atoms with Gasteiger partial charge in [-0.05, 0) is 32.9 Å². The molecule has 0 atom stereocenters. The molecule has 11 heteroatoms. The summed E-state index contributed by atoms with van der Waals surface area (Å²) in [6.07, 6.45) is 2.10. The standard InChI is InChI=1S/C25H27ClN4O6/c1-25(2,3)36-24(32)30-8-6-15(7-9-30)35-19-11-14(31)10-17-20(19)23(28-12-27-17)29-21-16(26)4-5-18-22(21)34-13-33-18/h4-5,10-12,15,31H,6-9,13H2,1-3H3,(H,27,28,29). The number of halogens is 1. The second kappa shape index (κ2) is 9.42. The number of carbonyl (C=O) groups excluding carboxylic acids is 1. The average Bonchev–Trinajstić information content (AvgIpc) is 3.29. The Morgan fingerprint density at radius 2 is 1.97 bits per heavy atom. The van der Waals surface area contributed by atoms with Gasteiger partial charge in [-0.1, -0.05) is 11.6 Å². The minimum Gasteiger partial charge on any atom is -0.508 e. The van der Waals surface area contributed by atoms with Crippen LogP contribution in [-0.2, 0) is 4.74 Å². The van der Waals surface area contributed by atoms with Gasteiger partial charge in [0.2, 0.25) is 6.79 Å². The number of phenolic OH excluding ortho intramolecular Hbond substituents is 1. The highest BCUT2D eigenvalue weighted by atomic mass is 35.5. The number of nitrogens with one attached hydrogen (secondary N) is 1. The van der Waals surface area contributed by atoms with Gasteiger partial charge in [0.05, 0.1) is 15.9 Å². The van der Waals surface area contributed by atoms with Crippen molar-refractivity contribution >= 4 is 40.1 Å². The first-order valence-electron chi connectivity index (χ1n) is 11.7. The normalized spacial score (nSPS) is 15.7. The number of hydrogen-bond acceptors (Lipinski definition) is 9. The number of amides is 1. The van der Waals surface area contributed by atoms with Crippen LogP contribution in [0.3, 0.4) is 0 Å². The van der Waals surface area contributed by atoms with Crippen molar-refractivity contribution in [2.24, 2.45) is 0 Å². The summed E-state index contributed by atoms with van der Waals surface area (Å²) in [6.45, 7) is 6.63. The lowest BCUT2D eigenvalue weighted by molar-refractivity contribution is 0.0128. The monoisotopic (exact) mass is 514 g/mol. The molecule has 1 aromatic heterocycles. The Labute approximate surface area is 213 Å². The zero-order valence-corrected chi connectivity index (χ0v) is 21.0. The highest BCUT2D eigenvalue weighted by molar-refractivity contribution is 6.34. The summed E-state index contributed by atoms with van der Waals surface area (Å²) in [7, 11) is 0. The number of anilines is 2. The van der Waals surface area contributed by atoms with Gasteiger partial charge in [0.15, 0.2) is 11.5 Å². The van der Waals surface area contributed by atoms with Crippen LogP contribution in [0.25, 0.3) is 10.9 Å². The quantitative estimate of drug-likeness (QED) is 0.482.